The third-order valence-corrected chi connectivity index (χ3v) is 4.16. The van der Waals surface area contributed by atoms with Crippen molar-refractivity contribution in [3.8, 4) is 5.75 Å². The number of aromatic nitrogens is 1. The molecule has 1 aromatic heterocycles. The predicted molar refractivity (Wildman–Crippen MR) is 75.2 cm³/mol. The maximum Gasteiger partial charge on any atom is 0.514 e. The third kappa shape index (κ3) is 2.43. The van der Waals surface area contributed by atoms with Crippen LogP contribution in [-0.4, -0.2) is 42.6 Å². The molecule has 6 heteroatoms. The summed E-state index contributed by atoms with van der Waals surface area (Å²) in [6.07, 6.45) is 1.86. The summed E-state index contributed by atoms with van der Waals surface area (Å²) in [6.45, 7) is 9.42. The van der Waals surface area contributed by atoms with Crippen LogP contribution in [0.25, 0.3) is 0 Å². The van der Waals surface area contributed by atoms with E-state index in [2.05, 4.69) is 4.98 Å². The van der Waals surface area contributed by atoms with Gasteiger partial charge in [0.2, 0.25) is 0 Å². The minimum Gasteiger partial charge on any atom is -0.484 e. The topological polar surface area (TPSA) is 49.8 Å². The van der Waals surface area contributed by atoms with Crippen LogP contribution in [0.15, 0.2) is 18.3 Å². The molecule has 0 amide bonds. The molecule has 108 valence electrons. The molecule has 0 atom stereocenters. The van der Waals surface area contributed by atoms with Crippen molar-refractivity contribution in [2.24, 2.45) is 0 Å². The summed E-state index contributed by atoms with van der Waals surface area (Å²) in [5.74, 6) is 0.749. The van der Waals surface area contributed by atoms with Crippen molar-refractivity contribution in [1.82, 2.24) is 4.98 Å². The first kappa shape index (κ1) is 13.9. The molecule has 0 spiro atoms. The van der Waals surface area contributed by atoms with Crippen molar-refractivity contribution in [3.63, 3.8) is 0 Å². The monoisotopic (exact) mass is 277 g/mol. The lowest BCUT2D eigenvalue weighted by atomic mass is 9.84. The predicted octanol–water partition coefficient (Wildman–Crippen LogP) is 1.16. The highest BCUT2D eigenvalue weighted by molar-refractivity contribution is 6.61. The lowest BCUT2D eigenvalue weighted by Crippen LogP contribution is -2.41. The molecular formula is C14H20BNO4. The highest BCUT2D eigenvalue weighted by atomic mass is 16.7. The van der Waals surface area contributed by atoms with Gasteiger partial charge < -0.3 is 18.8 Å². The quantitative estimate of drug-likeness (QED) is 0.776. The van der Waals surface area contributed by atoms with Gasteiger partial charge in [-0.25, -0.2) is 0 Å². The van der Waals surface area contributed by atoms with Gasteiger partial charge in [0, 0.05) is 0 Å². The van der Waals surface area contributed by atoms with Crippen molar-refractivity contribution in [2.45, 2.75) is 45.0 Å². The van der Waals surface area contributed by atoms with Crippen molar-refractivity contribution in [1.29, 1.82) is 0 Å². The second kappa shape index (κ2) is 4.72. The molecule has 0 bridgehead atoms. The lowest BCUT2D eigenvalue weighted by Gasteiger charge is -2.32. The van der Waals surface area contributed by atoms with Gasteiger partial charge in [-0.15, -0.1) is 0 Å². The van der Waals surface area contributed by atoms with Gasteiger partial charge in [0.1, 0.15) is 11.9 Å². The zero-order valence-corrected chi connectivity index (χ0v) is 12.4. The molecule has 0 unspecified atom stereocenters. The standard InChI is InChI=1S/C14H20BNO4/c1-13(2)14(3,4)20-15(19-13)12-6-5-10(7-16-12)18-11-8-17-9-11/h5-7,11H,8-9H2,1-4H3. The number of pyridine rings is 1. The van der Waals surface area contributed by atoms with Gasteiger partial charge in [0.05, 0.1) is 36.2 Å². The first-order valence-electron chi connectivity index (χ1n) is 6.93. The van der Waals surface area contributed by atoms with E-state index in [4.69, 9.17) is 18.8 Å². The van der Waals surface area contributed by atoms with Crippen LogP contribution in [0, 0.1) is 0 Å². The van der Waals surface area contributed by atoms with Crippen LogP contribution in [0.5, 0.6) is 5.75 Å². The maximum atomic E-state index is 5.96. The summed E-state index contributed by atoms with van der Waals surface area (Å²) >= 11 is 0. The summed E-state index contributed by atoms with van der Waals surface area (Å²) in [5.41, 5.74) is 0.0658. The molecule has 1 aromatic rings. The van der Waals surface area contributed by atoms with Crippen LogP contribution in [0.1, 0.15) is 27.7 Å². The molecule has 0 aromatic carbocycles. The average molecular weight is 277 g/mol. The highest BCUT2D eigenvalue weighted by Gasteiger charge is 2.52. The Kier molecular flexibility index (Phi) is 3.27. The first-order chi connectivity index (χ1) is 9.37. The SMILES string of the molecule is CC1(C)OB(c2ccc(OC3COC3)cn2)OC1(C)C. The Morgan fingerprint density at radius 1 is 1.15 bits per heavy atom. The Morgan fingerprint density at radius 3 is 2.25 bits per heavy atom. The van der Waals surface area contributed by atoms with Crippen LogP contribution in [0.2, 0.25) is 0 Å². The Labute approximate surface area is 119 Å². The molecule has 2 aliphatic rings. The van der Waals surface area contributed by atoms with Gasteiger partial charge in [-0.3, -0.25) is 4.98 Å². The first-order valence-corrected chi connectivity index (χ1v) is 6.93. The molecule has 3 heterocycles. The van der Waals surface area contributed by atoms with Crippen LogP contribution in [0.4, 0.5) is 0 Å². The third-order valence-electron chi connectivity index (χ3n) is 4.16. The fourth-order valence-corrected chi connectivity index (χ4v) is 2.04. The van der Waals surface area contributed by atoms with Crippen LogP contribution >= 0.6 is 0 Å². The van der Waals surface area contributed by atoms with Crippen molar-refractivity contribution in [3.05, 3.63) is 18.3 Å². The van der Waals surface area contributed by atoms with Gasteiger partial charge in [0.15, 0.2) is 0 Å². The molecule has 3 rings (SSSR count). The van der Waals surface area contributed by atoms with Crippen LogP contribution < -0.4 is 10.3 Å². The zero-order chi connectivity index (χ0) is 14.4. The number of ether oxygens (including phenoxy) is 2. The van der Waals surface area contributed by atoms with Gasteiger partial charge in [-0.2, -0.15) is 0 Å². The summed E-state index contributed by atoms with van der Waals surface area (Å²) in [5, 5.41) is 0. The summed E-state index contributed by atoms with van der Waals surface area (Å²) in [4.78, 5) is 4.39. The summed E-state index contributed by atoms with van der Waals surface area (Å²) in [7, 11) is -0.430. The van der Waals surface area contributed by atoms with Crippen molar-refractivity contribution < 1.29 is 18.8 Å². The average Bonchev–Trinajstić information content (AvgIpc) is 2.54. The number of hydrogen-bond acceptors (Lipinski definition) is 5. The van der Waals surface area contributed by atoms with E-state index in [1.165, 1.54) is 0 Å². The molecule has 2 aliphatic heterocycles. The summed E-state index contributed by atoms with van der Waals surface area (Å²) < 4.78 is 22.7. The zero-order valence-electron chi connectivity index (χ0n) is 12.4. The van der Waals surface area contributed by atoms with Gasteiger partial charge in [-0.1, -0.05) is 0 Å². The van der Waals surface area contributed by atoms with Crippen LogP contribution in [-0.2, 0) is 14.0 Å². The molecule has 5 nitrogen and oxygen atoms in total. The second-order valence-electron chi connectivity index (χ2n) is 6.28. The Balaban J connectivity index is 1.69. The van der Waals surface area contributed by atoms with Gasteiger partial charge in [-0.05, 0) is 39.8 Å². The van der Waals surface area contributed by atoms with E-state index in [0.29, 0.717) is 13.2 Å². The normalized spacial score (nSPS) is 24.5. The van der Waals surface area contributed by atoms with Crippen molar-refractivity contribution >= 4 is 12.7 Å². The van der Waals surface area contributed by atoms with E-state index in [1.54, 1.807) is 6.20 Å². The number of nitrogens with zero attached hydrogens (tertiary/aromatic N) is 1. The molecule has 0 saturated carbocycles. The van der Waals surface area contributed by atoms with Crippen molar-refractivity contribution in [2.75, 3.05) is 13.2 Å². The maximum absolute atomic E-state index is 5.96. The molecular weight excluding hydrogens is 257 g/mol. The van der Waals surface area contributed by atoms with Crippen LogP contribution in [0.3, 0.4) is 0 Å². The Bertz CT molecular complexity index is 468. The lowest BCUT2D eigenvalue weighted by molar-refractivity contribution is -0.0797. The van der Waals surface area contributed by atoms with E-state index in [-0.39, 0.29) is 17.3 Å². The smallest absolute Gasteiger partial charge is 0.484 e. The molecule has 0 aliphatic carbocycles. The molecule has 0 radical (unpaired) electrons. The molecule has 2 saturated heterocycles. The van der Waals surface area contributed by atoms with E-state index >= 15 is 0 Å². The second-order valence-corrected chi connectivity index (χ2v) is 6.28. The van der Waals surface area contributed by atoms with E-state index in [9.17, 15) is 0 Å². The fraction of sp³-hybridized carbons (Fsp3) is 0.643. The minimum absolute atomic E-state index is 0.152. The Hall–Kier alpha value is -1.11. The number of rotatable bonds is 3. The molecule has 20 heavy (non-hydrogen) atoms. The molecule has 0 N–H and O–H groups in total. The van der Waals surface area contributed by atoms with E-state index < -0.39 is 7.12 Å². The Morgan fingerprint density at radius 2 is 1.80 bits per heavy atom. The number of hydrogen-bond donors (Lipinski definition) is 0. The minimum atomic E-state index is -0.430. The highest BCUT2D eigenvalue weighted by Crippen LogP contribution is 2.36. The summed E-state index contributed by atoms with van der Waals surface area (Å²) in [6, 6.07) is 3.78. The van der Waals surface area contributed by atoms with E-state index in [0.717, 1.165) is 11.3 Å². The largest absolute Gasteiger partial charge is 0.514 e. The molecule has 2 fully saturated rings. The van der Waals surface area contributed by atoms with E-state index in [1.807, 2.05) is 39.8 Å². The fourth-order valence-electron chi connectivity index (χ4n) is 2.04. The van der Waals surface area contributed by atoms with Gasteiger partial charge in [0.25, 0.3) is 0 Å². The van der Waals surface area contributed by atoms with Gasteiger partial charge >= 0.3 is 7.12 Å².